The molecule has 2 amide bonds. The molecule has 1 saturated carbocycles. The summed E-state index contributed by atoms with van der Waals surface area (Å²) in [4.78, 5) is 33.1. The maximum absolute atomic E-state index is 13.7. The number of piperidine rings is 1. The van der Waals surface area contributed by atoms with E-state index in [0.29, 0.717) is 23.3 Å². The average Bonchev–Trinajstić information content (AvgIpc) is 3.54. The van der Waals surface area contributed by atoms with Gasteiger partial charge in [-0.2, -0.15) is 0 Å². The van der Waals surface area contributed by atoms with Crippen molar-refractivity contribution < 1.29 is 14.1 Å². The minimum absolute atomic E-state index is 0.0271. The molecule has 3 aliphatic heterocycles. The molecule has 0 N–H and O–H groups in total. The van der Waals surface area contributed by atoms with Gasteiger partial charge in [0.2, 0.25) is 5.91 Å². The smallest absolute Gasteiger partial charge is 0.276 e. The van der Waals surface area contributed by atoms with Gasteiger partial charge in [0.05, 0.1) is 5.41 Å². The van der Waals surface area contributed by atoms with Crippen LogP contribution in [-0.4, -0.2) is 77.5 Å². The molecule has 0 bridgehead atoms. The van der Waals surface area contributed by atoms with Crippen LogP contribution in [0.15, 0.2) is 10.6 Å². The van der Waals surface area contributed by atoms with Gasteiger partial charge in [-0.3, -0.25) is 9.59 Å². The van der Waals surface area contributed by atoms with Gasteiger partial charge in [-0.1, -0.05) is 12.1 Å². The van der Waals surface area contributed by atoms with Gasteiger partial charge in [0.25, 0.3) is 5.91 Å². The summed E-state index contributed by atoms with van der Waals surface area (Å²) in [7, 11) is 0. The topological polar surface area (TPSA) is 69.9 Å². The normalized spacial score (nSPS) is 30.9. The average molecular weight is 415 g/mol. The lowest BCUT2D eigenvalue weighted by Gasteiger charge is -2.44. The highest BCUT2D eigenvalue weighted by atomic mass is 16.5. The van der Waals surface area contributed by atoms with Gasteiger partial charge in [0, 0.05) is 45.3 Å². The number of hydrogen-bond donors (Lipinski definition) is 0. The van der Waals surface area contributed by atoms with E-state index in [4.69, 9.17) is 4.52 Å². The van der Waals surface area contributed by atoms with Gasteiger partial charge < -0.3 is 19.2 Å². The second-order valence-corrected chi connectivity index (χ2v) is 10.0. The van der Waals surface area contributed by atoms with Crippen molar-refractivity contribution in [3.63, 3.8) is 0 Å². The lowest BCUT2D eigenvalue weighted by atomic mass is 9.65. The summed E-state index contributed by atoms with van der Waals surface area (Å²) in [5.74, 6) is 1.48. The fourth-order valence-electron chi connectivity index (χ4n) is 6.87. The van der Waals surface area contributed by atoms with Crippen LogP contribution in [-0.2, 0) is 4.79 Å². The number of fused-ring (bicyclic) bond motifs is 2. The van der Waals surface area contributed by atoms with Crippen molar-refractivity contribution in [2.75, 3.05) is 45.8 Å². The SMILES string of the molecule is CCN1C[C@H]2C3(CCN(C(=O)c4cc(C)on4)CC3)CC[C@@]2(C(=O)N2CCCC2)C1. The minimum Gasteiger partial charge on any atom is -0.361 e. The monoisotopic (exact) mass is 414 g/mol. The predicted molar refractivity (Wildman–Crippen MR) is 112 cm³/mol. The first-order valence-corrected chi connectivity index (χ1v) is 11.7. The highest BCUT2D eigenvalue weighted by molar-refractivity contribution is 5.92. The number of hydrogen-bond acceptors (Lipinski definition) is 5. The summed E-state index contributed by atoms with van der Waals surface area (Å²) in [6.07, 6.45) is 6.42. The molecule has 0 unspecified atom stereocenters. The van der Waals surface area contributed by atoms with Gasteiger partial charge in [-0.15, -0.1) is 0 Å². The molecule has 4 aliphatic rings. The Morgan fingerprint density at radius 1 is 1.10 bits per heavy atom. The molecule has 2 atom stereocenters. The molecule has 7 heteroatoms. The largest absolute Gasteiger partial charge is 0.361 e. The van der Waals surface area contributed by atoms with Crippen molar-refractivity contribution in [1.29, 1.82) is 0 Å². The fraction of sp³-hybridized carbons (Fsp3) is 0.783. The molecular weight excluding hydrogens is 380 g/mol. The van der Waals surface area contributed by atoms with E-state index in [1.54, 1.807) is 6.07 Å². The van der Waals surface area contributed by atoms with Gasteiger partial charge in [-0.05, 0) is 63.3 Å². The molecule has 7 nitrogen and oxygen atoms in total. The van der Waals surface area contributed by atoms with E-state index in [9.17, 15) is 9.59 Å². The molecule has 1 spiro atoms. The number of aromatic nitrogens is 1. The maximum Gasteiger partial charge on any atom is 0.276 e. The van der Waals surface area contributed by atoms with Crippen molar-refractivity contribution in [1.82, 2.24) is 19.9 Å². The van der Waals surface area contributed by atoms with E-state index in [2.05, 4.69) is 21.9 Å². The number of amides is 2. The lowest BCUT2D eigenvalue weighted by molar-refractivity contribution is -0.142. The first kappa shape index (κ1) is 20.0. The Hall–Kier alpha value is -1.89. The van der Waals surface area contributed by atoms with Crippen LogP contribution in [0.2, 0.25) is 0 Å². The first-order valence-electron chi connectivity index (χ1n) is 11.7. The molecule has 30 heavy (non-hydrogen) atoms. The second kappa shape index (κ2) is 7.36. The van der Waals surface area contributed by atoms with E-state index in [1.807, 2.05) is 11.8 Å². The highest BCUT2D eigenvalue weighted by Crippen LogP contribution is 2.62. The Kier molecular flexibility index (Phi) is 4.92. The molecular formula is C23H34N4O3. The van der Waals surface area contributed by atoms with Crippen LogP contribution in [0.25, 0.3) is 0 Å². The highest BCUT2D eigenvalue weighted by Gasteiger charge is 2.64. The number of carbonyl (C=O) groups is 2. The summed E-state index contributed by atoms with van der Waals surface area (Å²) in [5.41, 5.74) is 0.400. The summed E-state index contributed by atoms with van der Waals surface area (Å²) in [6, 6.07) is 1.72. The minimum atomic E-state index is -0.199. The van der Waals surface area contributed by atoms with Crippen molar-refractivity contribution >= 4 is 11.8 Å². The van der Waals surface area contributed by atoms with Gasteiger partial charge in [-0.25, -0.2) is 0 Å². The Morgan fingerprint density at radius 3 is 2.47 bits per heavy atom. The zero-order valence-corrected chi connectivity index (χ0v) is 18.4. The molecule has 0 aromatic carbocycles. The third kappa shape index (κ3) is 3.00. The lowest BCUT2D eigenvalue weighted by Crippen LogP contribution is -2.50. The Labute approximate surface area is 178 Å². The molecule has 164 valence electrons. The summed E-state index contributed by atoms with van der Waals surface area (Å²) >= 11 is 0. The van der Waals surface area contributed by atoms with E-state index in [-0.39, 0.29) is 16.7 Å². The third-order valence-corrected chi connectivity index (χ3v) is 8.58. The molecule has 1 aromatic rings. The van der Waals surface area contributed by atoms with Crippen LogP contribution >= 0.6 is 0 Å². The van der Waals surface area contributed by atoms with Crippen LogP contribution in [0.5, 0.6) is 0 Å². The van der Waals surface area contributed by atoms with Gasteiger partial charge in [0.15, 0.2) is 5.69 Å². The predicted octanol–water partition coefficient (Wildman–Crippen LogP) is 2.56. The van der Waals surface area contributed by atoms with Crippen LogP contribution in [0, 0.1) is 23.7 Å². The van der Waals surface area contributed by atoms with E-state index in [1.165, 1.54) is 0 Å². The first-order chi connectivity index (χ1) is 14.5. The fourth-order valence-corrected chi connectivity index (χ4v) is 6.87. The maximum atomic E-state index is 13.7. The summed E-state index contributed by atoms with van der Waals surface area (Å²) in [5, 5.41) is 3.91. The third-order valence-electron chi connectivity index (χ3n) is 8.58. The zero-order valence-electron chi connectivity index (χ0n) is 18.4. The Bertz CT molecular complexity index is 822. The second-order valence-electron chi connectivity index (χ2n) is 10.0. The van der Waals surface area contributed by atoms with Crippen LogP contribution in [0.4, 0.5) is 0 Å². The Balaban J connectivity index is 1.34. The van der Waals surface area contributed by atoms with E-state index in [0.717, 1.165) is 84.3 Å². The quantitative estimate of drug-likeness (QED) is 0.760. The molecule has 1 aliphatic carbocycles. The van der Waals surface area contributed by atoms with Crippen LogP contribution in [0.3, 0.4) is 0 Å². The summed E-state index contributed by atoms with van der Waals surface area (Å²) < 4.78 is 5.09. The van der Waals surface area contributed by atoms with Crippen molar-refractivity contribution in [3.05, 3.63) is 17.5 Å². The Morgan fingerprint density at radius 2 is 1.83 bits per heavy atom. The van der Waals surface area contributed by atoms with Crippen molar-refractivity contribution in [3.8, 4) is 0 Å². The van der Waals surface area contributed by atoms with Gasteiger partial charge >= 0.3 is 0 Å². The standard InChI is InChI=1S/C23H34N4O3/c1-3-25-15-19-22(6-7-23(19,16-25)21(29)27-10-4-5-11-27)8-12-26(13-9-22)20(28)18-14-17(2)30-24-18/h14,19H,3-13,15-16H2,1-2H3/t19-,23+/m0/s1. The number of nitrogens with zero attached hydrogens (tertiary/aromatic N) is 4. The van der Waals surface area contributed by atoms with E-state index < -0.39 is 0 Å². The van der Waals surface area contributed by atoms with E-state index >= 15 is 0 Å². The molecule has 4 heterocycles. The molecule has 4 fully saturated rings. The zero-order chi connectivity index (χ0) is 20.9. The summed E-state index contributed by atoms with van der Waals surface area (Å²) in [6.45, 7) is 10.4. The van der Waals surface area contributed by atoms with Crippen LogP contribution < -0.4 is 0 Å². The number of carbonyl (C=O) groups excluding carboxylic acids is 2. The number of aryl methyl sites for hydroxylation is 1. The molecule has 5 rings (SSSR count). The molecule has 3 saturated heterocycles. The van der Waals surface area contributed by atoms with Gasteiger partial charge in [0.1, 0.15) is 5.76 Å². The number of likely N-dealkylation sites (tertiary alicyclic amines) is 3. The van der Waals surface area contributed by atoms with Crippen molar-refractivity contribution in [2.24, 2.45) is 16.7 Å². The van der Waals surface area contributed by atoms with Crippen LogP contribution in [0.1, 0.15) is 61.7 Å². The molecule has 0 radical (unpaired) electrons. The molecule has 1 aromatic heterocycles. The van der Waals surface area contributed by atoms with Crippen molar-refractivity contribution in [2.45, 2.75) is 52.4 Å². The number of rotatable bonds is 3.